The Morgan fingerprint density at radius 2 is 2.29 bits per heavy atom. The van der Waals surface area contributed by atoms with Crippen molar-refractivity contribution >= 4 is 33.8 Å². The fourth-order valence-electron chi connectivity index (χ4n) is 1.04. The van der Waals surface area contributed by atoms with Crippen molar-refractivity contribution in [2.24, 2.45) is 0 Å². The van der Waals surface area contributed by atoms with Crippen molar-refractivity contribution in [2.75, 3.05) is 12.8 Å². The van der Waals surface area contributed by atoms with Crippen molar-refractivity contribution in [2.45, 2.75) is 0 Å². The number of rotatable bonds is 2. The Kier molecular flexibility index (Phi) is 3.24. The van der Waals surface area contributed by atoms with E-state index in [9.17, 15) is 4.79 Å². The van der Waals surface area contributed by atoms with Crippen molar-refractivity contribution < 1.29 is 9.53 Å². The van der Waals surface area contributed by atoms with Crippen LogP contribution in [0.25, 0.3) is 0 Å². The van der Waals surface area contributed by atoms with Crippen LogP contribution in [0.15, 0.2) is 16.6 Å². The Morgan fingerprint density at radius 1 is 1.64 bits per heavy atom. The van der Waals surface area contributed by atoms with E-state index < -0.39 is 5.97 Å². The third-order valence-electron chi connectivity index (χ3n) is 1.74. The van der Waals surface area contributed by atoms with Crippen LogP contribution in [0.3, 0.4) is 0 Å². The van der Waals surface area contributed by atoms with Crippen LogP contribution in [-0.2, 0) is 4.74 Å². The lowest BCUT2D eigenvalue weighted by Crippen LogP contribution is -2.07. The topological polar surface area (TPSA) is 76.2 Å². The first-order chi connectivity index (χ1) is 6.60. The van der Waals surface area contributed by atoms with Crippen molar-refractivity contribution in [1.29, 1.82) is 5.41 Å². The highest BCUT2D eigenvalue weighted by Crippen LogP contribution is 2.23. The number of nitrogens with one attached hydrogen (secondary N) is 1. The molecule has 0 atom stereocenters. The fourth-order valence-corrected chi connectivity index (χ4v) is 1.51. The minimum absolute atomic E-state index is 0.259. The smallest absolute Gasteiger partial charge is 0.340 e. The summed E-state index contributed by atoms with van der Waals surface area (Å²) in [6, 6.07) is 3.23. The second-order valence-electron chi connectivity index (χ2n) is 2.59. The summed E-state index contributed by atoms with van der Waals surface area (Å²) in [6.07, 6.45) is 1.09. The van der Waals surface area contributed by atoms with E-state index in [0.29, 0.717) is 10.0 Å². The van der Waals surface area contributed by atoms with E-state index >= 15 is 0 Å². The van der Waals surface area contributed by atoms with E-state index in [4.69, 9.17) is 11.1 Å². The Labute approximate surface area is 89.7 Å². The number of halogens is 1. The molecule has 3 N–H and O–H groups in total. The molecule has 4 nitrogen and oxygen atoms in total. The van der Waals surface area contributed by atoms with E-state index in [1.165, 1.54) is 7.11 Å². The van der Waals surface area contributed by atoms with E-state index in [1.54, 1.807) is 12.1 Å². The summed E-state index contributed by atoms with van der Waals surface area (Å²) >= 11 is 3.22. The van der Waals surface area contributed by atoms with Gasteiger partial charge < -0.3 is 15.9 Å². The molecular formula is C9H9BrN2O2. The van der Waals surface area contributed by atoms with Gasteiger partial charge in [-0.15, -0.1) is 0 Å². The van der Waals surface area contributed by atoms with Crippen LogP contribution in [0.1, 0.15) is 15.9 Å². The predicted molar refractivity (Wildman–Crippen MR) is 57.8 cm³/mol. The molecule has 0 aliphatic rings. The molecule has 0 heterocycles. The summed E-state index contributed by atoms with van der Waals surface area (Å²) in [5.41, 5.74) is 6.68. The molecule has 0 aliphatic carbocycles. The zero-order chi connectivity index (χ0) is 10.7. The molecule has 0 saturated carbocycles. The molecule has 0 aromatic heterocycles. The summed E-state index contributed by atoms with van der Waals surface area (Å²) in [5.74, 6) is -0.508. The molecule has 0 fully saturated rings. The lowest BCUT2D eigenvalue weighted by atomic mass is 10.1. The summed E-state index contributed by atoms with van der Waals surface area (Å²) in [4.78, 5) is 11.3. The maximum absolute atomic E-state index is 11.3. The average molecular weight is 257 g/mol. The number of carbonyl (C=O) groups excluding carboxylic acids is 1. The van der Waals surface area contributed by atoms with E-state index in [-0.39, 0.29) is 11.3 Å². The molecule has 0 saturated heterocycles. The molecule has 1 aromatic rings. The van der Waals surface area contributed by atoms with Crippen LogP contribution in [0.4, 0.5) is 5.69 Å². The molecule has 0 bridgehead atoms. The minimum atomic E-state index is -0.508. The van der Waals surface area contributed by atoms with Crippen LogP contribution in [0.2, 0.25) is 0 Å². The van der Waals surface area contributed by atoms with Crippen LogP contribution < -0.4 is 5.73 Å². The number of anilines is 1. The lowest BCUT2D eigenvalue weighted by molar-refractivity contribution is 0.0602. The first kappa shape index (κ1) is 10.7. The number of esters is 1. The fraction of sp³-hybridized carbons (Fsp3) is 0.111. The Balaban J connectivity index is 3.36. The highest BCUT2D eigenvalue weighted by atomic mass is 79.9. The third kappa shape index (κ3) is 1.93. The summed E-state index contributed by atoms with van der Waals surface area (Å²) in [7, 11) is 1.28. The minimum Gasteiger partial charge on any atom is -0.465 e. The second kappa shape index (κ2) is 4.23. The molecule has 1 aromatic carbocycles. The number of hydrogen-bond acceptors (Lipinski definition) is 4. The molecule has 0 unspecified atom stereocenters. The first-order valence-corrected chi connectivity index (χ1v) is 4.57. The summed E-state index contributed by atoms with van der Waals surface area (Å²) in [6.45, 7) is 0. The SMILES string of the molecule is COC(=O)c1cc(Br)cc(C=N)c1N. The van der Waals surface area contributed by atoms with Gasteiger partial charge in [0.15, 0.2) is 0 Å². The highest BCUT2D eigenvalue weighted by molar-refractivity contribution is 9.10. The first-order valence-electron chi connectivity index (χ1n) is 3.78. The van der Waals surface area contributed by atoms with Crippen molar-refractivity contribution in [3.8, 4) is 0 Å². The predicted octanol–water partition coefficient (Wildman–Crippen LogP) is 1.82. The molecule has 0 spiro atoms. The molecule has 1 rings (SSSR count). The van der Waals surface area contributed by atoms with Crippen molar-refractivity contribution in [3.05, 3.63) is 27.7 Å². The van der Waals surface area contributed by atoms with Gasteiger partial charge >= 0.3 is 5.97 Å². The molecule has 0 aliphatic heterocycles. The van der Waals surface area contributed by atoms with Gasteiger partial charge in [-0.25, -0.2) is 4.79 Å². The highest BCUT2D eigenvalue weighted by Gasteiger charge is 2.13. The van der Waals surface area contributed by atoms with Gasteiger partial charge in [-0.05, 0) is 12.1 Å². The van der Waals surface area contributed by atoms with Gasteiger partial charge in [0.2, 0.25) is 0 Å². The Bertz CT molecular complexity index is 391. The number of hydrogen-bond donors (Lipinski definition) is 2. The number of carbonyl (C=O) groups is 1. The molecule has 5 heteroatoms. The van der Waals surface area contributed by atoms with Gasteiger partial charge in [0.05, 0.1) is 18.4 Å². The van der Waals surface area contributed by atoms with Gasteiger partial charge in [0.1, 0.15) is 0 Å². The number of benzene rings is 1. The van der Waals surface area contributed by atoms with E-state index in [2.05, 4.69) is 20.7 Å². The van der Waals surface area contributed by atoms with E-state index in [1.807, 2.05) is 0 Å². The monoisotopic (exact) mass is 256 g/mol. The normalized spacial score (nSPS) is 9.57. The lowest BCUT2D eigenvalue weighted by Gasteiger charge is -2.07. The van der Waals surface area contributed by atoms with Gasteiger partial charge in [0.25, 0.3) is 0 Å². The van der Waals surface area contributed by atoms with Gasteiger partial charge in [-0.3, -0.25) is 0 Å². The Morgan fingerprint density at radius 3 is 2.79 bits per heavy atom. The zero-order valence-electron chi connectivity index (χ0n) is 7.50. The summed E-state index contributed by atoms with van der Waals surface area (Å²) in [5, 5.41) is 7.10. The van der Waals surface area contributed by atoms with Crippen molar-refractivity contribution in [3.63, 3.8) is 0 Å². The standard InChI is InChI=1S/C9H9BrN2O2/c1-14-9(13)7-3-6(10)2-5(4-11)8(7)12/h2-4,11H,12H2,1H3. The number of nitrogens with two attached hydrogens (primary N) is 1. The third-order valence-corrected chi connectivity index (χ3v) is 2.20. The second-order valence-corrected chi connectivity index (χ2v) is 3.51. The van der Waals surface area contributed by atoms with Crippen LogP contribution in [0.5, 0.6) is 0 Å². The Hall–Kier alpha value is -1.36. The van der Waals surface area contributed by atoms with Crippen LogP contribution in [-0.4, -0.2) is 19.3 Å². The maximum Gasteiger partial charge on any atom is 0.340 e. The van der Waals surface area contributed by atoms with Crippen LogP contribution in [0, 0.1) is 5.41 Å². The molecule has 0 radical (unpaired) electrons. The van der Waals surface area contributed by atoms with E-state index in [0.717, 1.165) is 6.21 Å². The molecule has 74 valence electrons. The number of methoxy groups -OCH3 is 1. The molecule has 0 amide bonds. The van der Waals surface area contributed by atoms with Gasteiger partial charge in [-0.1, -0.05) is 15.9 Å². The van der Waals surface area contributed by atoms with Crippen molar-refractivity contribution in [1.82, 2.24) is 0 Å². The average Bonchev–Trinajstić information content (AvgIpc) is 2.19. The maximum atomic E-state index is 11.3. The zero-order valence-corrected chi connectivity index (χ0v) is 9.09. The molecule has 14 heavy (non-hydrogen) atoms. The summed E-state index contributed by atoms with van der Waals surface area (Å²) < 4.78 is 5.24. The number of nitrogen functional groups attached to an aromatic ring is 1. The van der Waals surface area contributed by atoms with Gasteiger partial charge in [0, 0.05) is 16.3 Å². The largest absolute Gasteiger partial charge is 0.465 e. The quantitative estimate of drug-likeness (QED) is 0.482. The van der Waals surface area contributed by atoms with Gasteiger partial charge in [-0.2, -0.15) is 0 Å². The molecular weight excluding hydrogens is 248 g/mol. The van der Waals surface area contributed by atoms with Crippen LogP contribution >= 0.6 is 15.9 Å². The number of ether oxygens (including phenoxy) is 1.